The zero-order chi connectivity index (χ0) is 14.3. The second-order valence-electron chi connectivity index (χ2n) is 4.59. The Morgan fingerprint density at radius 3 is 2.35 bits per heavy atom. The van der Waals surface area contributed by atoms with Crippen molar-refractivity contribution < 1.29 is 14.6 Å². The maximum Gasteiger partial charge on any atom is 0.344 e. The highest BCUT2D eigenvalue weighted by Gasteiger charge is 2.15. The van der Waals surface area contributed by atoms with Crippen molar-refractivity contribution in [2.45, 2.75) is 6.92 Å². The van der Waals surface area contributed by atoms with Crippen molar-refractivity contribution in [1.82, 2.24) is 0 Å². The van der Waals surface area contributed by atoms with Gasteiger partial charge in [-0.2, -0.15) is 0 Å². The molecule has 2 aromatic carbocycles. The van der Waals surface area contributed by atoms with E-state index in [-0.39, 0.29) is 17.1 Å². The van der Waals surface area contributed by atoms with Crippen LogP contribution in [0.25, 0.3) is 22.1 Å². The van der Waals surface area contributed by atoms with Gasteiger partial charge in [-0.3, -0.25) is 0 Å². The molecule has 0 aliphatic heterocycles. The summed E-state index contributed by atoms with van der Waals surface area (Å²) in [7, 11) is 0. The fraction of sp³-hybridized carbons (Fsp3) is 0.0625. The van der Waals surface area contributed by atoms with Crippen molar-refractivity contribution in [2.24, 2.45) is 0 Å². The zero-order valence-electron chi connectivity index (χ0n) is 10.8. The van der Waals surface area contributed by atoms with Gasteiger partial charge in [0.2, 0.25) is 0 Å². The van der Waals surface area contributed by atoms with Crippen LogP contribution in [0.1, 0.15) is 5.56 Å². The molecule has 3 aromatic rings. The minimum atomic E-state index is -0.466. The Morgan fingerprint density at radius 2 is 1.65 bits per heavy atom. The normalized spacial score (nSPS) is 10.8. The number of phenols is 2. The highest BCUT2D eigenvalue weighted by Crippen LogP contribution is 2.33. The van der Waals surface area contributed by atoms with Gasteiger partial charge in [0.05, 0.1) is 5.56 Å². The standard InChI is InChI=1S/C16H12O4/c1-9-11-7-12(17)13(18)8-14(11)20-16(19)15(9)10-5-3-2-4-6-10/h2-8,17-18H,1H3. The quantitative estimate of drug-likeness (QED) is 0.525. The molecule has 0 spiro atoms. The van der Waals surface area contributed by atoms with Crippen molar-refractivity contribution >= 4 is 11.0 Å². The molecule has 0 unspecified atom stereocenters. The first kappa shape index (κ1) is 12.3. The minimum absolute atomic E-state index is 0.242. The van der Waals surface area contributed by atoms with Crippen LogP contribution in [0.4, 0.5) is 0 Å². The Bertz CT molecular complexity index is 848. The SMILES string of the molecule is Cc1c(-c2ccccc2)c(=O)oc2cc(O)c(O)cc12. The van der Waals surface area contributed by atoms with Gasteiger partial charge in [-0.05, 0) is 24.1 Å². The molecule has 3 rings (SSSR count). The fourth-order valence-electron chi connectivity index (χ4n) is 2.31. The number of rotatable bonds is 1. The molecule has 0 atom stereocenters. The number of aromatic hydroxyl groups is 2. The first-order valence-electron chi connectivity index (χ1n) is 6.12. The van der Waals surface area contributed by atoms with Crippen LogP contribution in [0.5, 0.6) is 11.5 Å². The van der Waals surface area contributed by atoms with Gasteiger partial charge in [-0.25, -0.2) is 4.79 Å². The third-order valence-electron chi connectivity index (χ3n) is 3.33. The molecule has 0 aliphatic rings. The largest absolute Gasteiger partial charge is 0.504 e. The molecule has 4 nitrogen and oxygen atoms in total. The number of hydrogen-bond acceptors (Lipinski definition) is 4. The molecule has 100 valence electrons. The Kier molecular flexibility index (Phi) is 2.71. The number of benzene rings is 2. The average molecular weight is 268 g/mol. The molecule has 1 heterocycles. The maximum absolute atomic E-state index is 12.1. The van der Waals surface area contributed by atoms with Crippen LogP contribution in [-0.2, 0) is 0 Å². The van der Waals surface area contributed by atoms with Crippen molar-refractivity contribution in [2.75, 3.05) is 0 Å². The third kappa shape index (κ3) is 1.82. The van der Waals surface area contributed by atoms with E-state index in [0.717, 1.165) is 5.56 Å². The van der Waals surface area contributed by atoms with Crippen molar-refractivity contribution in [3.8, 4) is 22.6 Å². The van der Waals surface area contributed by atoms with E-state index in [2.05, 4.69) is 0 Å². The molecule has 1 aromatic heterocycles. The number of phenolic OH excluding ortho intramolecular Hbond substituents is 2. The molecular weight excluding hydrogens is 256 g/mol. The number of fused-ring (bicyclic) bond motifs is 1. The Morgan fingerprint density at radius 1 is 1.00 bits per heavy atom. The van der Waals surface area contributed by atoms with Crippen LogP contribution in [0.2, 0.25) is 0 Å². The summed E-state index contributed by atoms with van der Waals surface area (Å²) in [6.45, 7) is 1.79. The summed E-state index contributed by atoms with van der Waals surface area (Å²) in [5.74, 6) is -0.555. The van der Waals surface area contributed by atoms with E-state index in [4.69, 9.17) is 4.42 Å². The third-order valence-corrected chi connectivity index (χ3v) is 3.33. The van der Waals surface area contributed by atoms with Gasteiger partial charge in [0.1, 0.15) is 5.58 Å². The number of aryl methyl sites for hydroxylation is 1. The molecular formula is C16H12O4. The van der Waals surface area contributed by atoms with Crippen LogP contribution >= 0.6 is 0 Å². The molecule has 0 radical (unpaired) electrons. The van der Waals surface area contributed by atoms with Gasteiger partial charge in [0, 0.05) is 11.5 Å². The summed E-state index contributed by atoms with van der Waals surface area (Å²) in [6, 6.07) is 11.8. The zero-order valence-corrected chi connectivity index (χ0v) is 10.8. The van der Waals surface area contributed by atoms with Gasteiger partial charge >= 0.3 is 5.63 Å². The minimum Gasteiger partial charge on any atom is -0.504 e. The van der Waals surface area contributed by atoms with Gasteiger partial charge in [-0.15, -0.1) is 0 Å². The summed E-state index contributed by atoms with van der Waals surface area (Å²) in [5, 5.41) is 19.7. The summed E-state index contributed by atoms with van der Waals surface area (Å²) in [5.41, 5.74) is 1.71. The Hall–Kier alpha value is -2.75. The lowest BCUT2D eigenvalue weighted by atomic mass is 9.99. The molecule has 2 N–H and O–H groups in total. The van der Waals surface area contributed by atoms with E-state index < -0.39 is 5.63 Å². The van der Waals surface area contributed by atoms with Crippen LogP contribution in [0.15, 0.2) is 51.7 Å². The van der Waals surface area contributed by atoms with Crippen LogP contribution < -0.4 is 5.63 Å². The number of hydrogen-bond donors (Lipinski definition) is 2. The molecule has 0 saturated heterocycles. The molecule has 0 fully saturated rings. The molecule has 0 saturated carbocycles. The molecule has 0 bridgehead atoms. The highest BCUT2D eigenvalue weighted by atomic mass is 16.4. The summed E-state index contributed by atoms with van der Waals surface area (Å²) in [4.78, 5) is 12.1. The summed E-state index contributed by atoms with van der Waals surface area (Å²) < 4.78 is 5.24. The van der Waals surface area contributed by atoms with Gasteiger partial charge < -0.3 is 14.6 Å². The van der Waals surface area contributed by atoms with Crippen LogP contribution in [0.3, 0.4) is 0 Å². The van der Waals surface area contributed by atoms with Gasteiger partial charge in [0.15, 0.2) is 11.5 Å². The lowest BCUT2D eigenvalue weighted by molar-refractivity contribution is 0.403. The second-order valence-corrected chi connectivity index (χ2v) is 4.59. The first-order chi connectivity index (χ1) is 9.58. The second kappa shape index (κ2) is 4.42. The van der Waals surface area contributed by atoms with Crippen molar-refractivity contribution in [1.29, 1.82) is 0 Å². The van der Waals surface area contributed by atoms with E-state index in [1.165, 1.54) is 12.1 Å². The lowest BCUT2D eigenvalue weighted by Crippen LogP contribution is -2.05. The summed E-state index contributed by atoms with van der Waals surface area (Å²) >= 11 is 0. The van der Waals surface area contributed by atoms with E-state index in [0.29, 0.717) is 16.5 Å². The van der Waals surface area contributed by atoms with E-state index in [9.17, 15) is 15.0 Å². The molecule has 4 heteroatoms. The maximum atomic E-state index is 12.1. The van der Waals surface area contributed by atoms with E-state index >= 15 is 0 Å². The smallest absolute Gasteiger partial charge is 0.344 e. The molecule has 20 heavy (non-hydrogen) atoms. The molecule has 0 amide bonds. The highest BCUT2D eigenvalue weighted by molar-refractivity contribution is 5.88. The monoisotopic (exact) mass is 268 g/mol. The predicted octanol–water partition coefficient (Wildman–Crippen LogP) is 3.18. The Labute approximate surface area is 114 Å². The Balaban J connectivity index is 2.41. The van der Waals surface area contributed by atoms with Gasteiger partial charge in [-0.1, -0.05) is 30.3 Å². The van der Waals surface area contributed by atoms with Crippen molar-refractivity contribution in [3.63, 3.8) is 0 Å². The lowest BCUT2D eigenvalue weighted by Gasteiger charge is -2.08. The average Bonchev–Trinajstić information content (AvgIpc) is 2.43. The first-order valence-corrected chi connectivity index (χ1v) is 6.12. The van der Waals surface area contributed by atoms with E-state index in [1.807, 2.05) is 30.3 Å². The molecule has 0 aliphatic carbocycles. The van der Waals surface area contributed by atoms with Crippen LogP contribution in [0, 0.1) is 6.92 Å². The van der Waals surface area contributed by atoms with E-state index in [1.54, 1.807) is 6.92 Å². The van der Waals surface area contributed by atoms with Gasteiger partial charge in [0.25, 0.3) is 0 Å². The predicted molar refractivity (Wildman–Crippen MR) is 76.0 cm³/mol. The van der Waals surface area contributed by atoms with Crippen LogP contribution in [-0.4, -0.2) is 10.2 Å². The summed E-state index contributed by atoms with van der Waals surface area (Å²) in [6.07, 6.45) is 0. The fourth-order valence-corrected chi connectivity index (χ4v) is 2.31. The topological polar surface area (TPSA) is 70.7 Å². The van der Waals surface area contributed by atoms with Crippen molar-refractivity contribution in [3.05, 3.63) is 58.4 Å².